The third-order valence-corrected chi connectivity index (χ3v) is 6.16. The molecule has 3 aromatic heterocycles. The Kier molecular flexibility index (Phi) is 5.30. The number of anilines is 1. The zero-order valence-corrected chi connectivity index (χ0v) is 17.5. The molecule has 0 aliphatic carbocycles. The Morgan fingerprint density at radius 2 is 1.93 bits per heavy atom. The van der Waals surface area contributed by atoms with Crippen LogP contribution >= 0.6 is 11.3 Å². The molecule has 1 aliphatic heterocycles. The Labute approximate surface area is 169 Å². The van der Waals surface area contributed by atoms with E-state index in [0.717, 1.165) is 48.9 Å². The number of aryl methyl sites for hydroxylation is 3. The lowest BCUT2D eigenvalue weighted by Gasteiger charge is -2.35. The number of thiophene rings is 1. The molecular weight excluding hydrogens is 372 g/mol. The van der Waals surface area contributed by atoms with Gasteiger partial charge in [0.05, 0.1) is 4.88 Å². The van der Waals surface area contributed by atoms with Crippen molar-refractivity contribution in [2.45, 2.75) is 40.0 Å². The van der Waals surface area contributed by atoms with Crippen LogP contribution in [0.4, 0.5) is 5.82 Å². The Bertz CT molecular complexity index is 986. The molecule has 1 saturated heterocycles. The molecule has 1 fully saturated rings. The molecule has 0 bridgehead atoms. The molecule has 0 aromatic carbocycles. The Balaban J connectivity index is 1.53. The van der Waals surface area contributed by atoms with Crippen molar-refractivity contribution in [1.82, 2.24) is 24.5 Å². The van der Waals surface area contributed by atoms with Crippen LogP contribution in [-0.2, 0) is 12.8 Å². The van der Waals surface area contributed by atoms with Crippen molar-refractivity contribution >= 4 is 28.8 Å². The maximum atomic E-state index is 12.7. The van der Waals surface area contributed by atoms with Gasteiger partial charge in [0, 0.05) is 49.2 Å². The first kappa shape index (κ1) is 18.9. The summed E-state index contributed by atoms with van der Waals surface area (Å²) in [6.07, 6.45) is 2.86. The number of fused-ring (bicyclic) bond motifs is 1. The maximum Gasteiger partial charge on any atom is 0.264 e. The number of hydrogen-bond acceptors (Lipinski definition) is 6. The highest BCUT2D eigenvalue weighted by molar-refractivity contribution is 7.13. The van der Waals surface area contributed by atoms with Gasteiger partial charge in [-0.15, -0.1) is 21.5 Å². The van der Waals surface area contributed by atoms with Gasteiger partial charge in [0.15, 0.2) is 0 Å². The van der Waals surface area contributed by atoms with Crippen molar-refractivity contribution in [2.24, 2.45) is 0 Å². The molecule has 28 heavy (non-hydrogen) atoms. The lowest BCUT2D eigenvalue weighted by atomic mass is 10.2. The lowest BCUT2D eigenvalue weighted by molar-refractivity contribution is 0.0751. The summed E-state index contributed by atoms with van der Waals surface area (Å²) < 4.78 is 2.09. The summed E-state index contributed by atoms with van der Waals surface area (Å²) in [7, 11) is 0. The van der Waals surface area contributed by atoms with Crippen LogP contribution in [0.15, 0.2) is 18.2 Å². The molecule has 1 aliphatic rings. The molecule has 4 rings (SSSR count). The van der Waals surface area contributed by atoms with Gasteiger partial charge in [0.25, 0.3) is 11.7 Å². The fourth-order valence-electron chi connectivity index (χ4n) is 3.70. The van der Waals surface area contributed by atoms with E-state index in [1.807, 2.05) is 24.0 Å². The van der Waals surface area contributed by atoms with Crippen molar-refractivity contribution < 1.29 is 4.79 Å². The predicted octanol–water partition coefficient (Wildman–Crippen LogP) is 2.97. The molecule has 0 radical (unpaired) electrons. The minimum absolute atomic E-state index is 0.137. The minimum atomic E-state index is 0.137. The van der Waals surface area contributed by atoms with Gasteiger partial charge in [0.1, 0.15) is 11.6 Å². The van der Waals surface area contributed by atoms with Gasteiger partial charge in [-0.2, -0.15) is 4.98 Å². The quantitative estimate of drug-likeness (QED) is 0.661. The molecule has 0 atom stereocenters. The maximum absolute atomic E-state index is 12.7. The minimum Gasteiger partial charge on any atom is -0.353 e. The summed E-state index contributed by atoms with van der Waals surface area (Å²) in [6, 6.07) is 6.10. The number of carbonyl (C=O) groups excluding carboxylic acids is 1. The van der Waals surface area contributed by atoms with E-state index in [2.05, 4.69) is 39.4 Å². The first-order chi connectivity index (χ1) is 13.6. The average molecular weight is 399 g/mol. The summed E-state index contributed by atoms with van der Waals surface area (Å²) in [5, 5.41) is 8.58. The average Bonchev–Trinajstić information content (AvgIpc) is 3.34. The number of amides is 1. The van der Waals surface area contributed by atoms with Crippen LogP contribution in [0, 0.1) is 6.92 Å². The SMILES string of the molecule is CCCc1cc(N2CCN(C(=O)c3ccc(C)s3)CC2)nc2nnc(CC)n12. The molecule has 0 N–H and O–H groups in total. The molecule has 4 heterocycles. The third kappa shape index (κ3) is 3.48. The van der Waals surface area contributed by atoms with Gasteiger partial charge in [0.2, 0.25) is 0 Å². The number of carbonyl (C=O) groups is 1. The number of rotatable bonds is 5. The van der Waals surface area contributed by atoms with Crippen LogP contribution in [0.2, 0.25) is 0 Å². The normalized spacial score (nSPS) is 14.8. The van der Waals surface area contributed by atoms with E-state index in [9.17, 15) is 4.79 Å². The molecule has 0 unspecified atom stereocenters. The van der Waals surface area contributed by atoms with E-state index in [1.165, 1.54) is 10.6 Å². The highest BCUT2D eigenvalue weighted by Gasteiger charge is 2.24. The van der Waals surface area contributed by atoms with Crippen LogP contribution in [-0.4, -0.2) is 56.6 Å². The fourth-order valence-corrected chi connectivity index (χ4v) is 4.53. The second-order valence-electron chi connectivity index (χ2n) is 7.15. The van der Waals surface area contributed by atoms with E-state index in [0.29, 0.717) is 18.9 Å². The van der Waals surface area contributed by atoms with Crippen LogP contribution < -0.4 is 4.90 Å². The van der Waals surface area contributed by atoms with E-state index in [4.69, 9.17) is 4.98 Å². The van der Waals surface area contributed by atoms with Crippen LogP contribution in [0.25, 0.3) is 5.78 Å². The Morgan fingerprint density at radius 3 is 2.57 bits per heavy atom. The summed E-state index contributed by atoms with van der Waals surface area (Å²) in [5.41, 5.74) is 1.21. The Hall–Kier alpha value is -2.48. The van der Waals surface area contributed by atoms with E-state index >= 15 is 0 Å². The second kappa shape index (κ2) is 7.87. The molecule has 8 heteroatoms. The lowest BCUT2D eigenvalue weighted by Crippen LogP contribution is -2.49. The molecule has 7 nitrogen and oxygen atoms in total. The van der Waals surface area contributed by atoms with Gasteiger partial charge in [-0.05, 0) is 25.5 Å². The van der Waals surface area contributed by atoms with Crippen LogP contribution in [0.5, 0.6) is 0 Å². The van der Waals surface area contributed by atoms with Gasteiger partial charge in [-0.25, -0.2) is 0 Å². The Morgan fingerprint density at radius 1 is 1.14 bits per heavy atom. The smallest absolute Gasteiger partial charge is 0.264 e. The van der Waals surface area contributed by atoms with Crippen molar-refractivity contribution in [1.29, 1.82) is 0 Å². The summed E-state index contributed by atoms with van der Waals surface area (Å²) in [5.74, 6) is 2.70. The van der Waals surface area contributed by atoms with Gasteiger partial charge in [-0.1, -0.05) is 20.3 Å². The van der Waals surface area contributed by atoms with Gasteiger partial charge < -0.3 is 9.80 Å². The first-order valence-electron chi connectivity index (χ1n) is 9.95. The largest absolute Gasteiger partial charge is 0.353 e. The van der Waals surface area contributed by atoms with Crippen molar-refractivity contribution in [2.75, 3.05) is 31.1 Å². The molecule has 3 aromatic rings. The summed E-state index contributed by atoms with van der Waals surface area (Å²) in [6.45, 7) is 9.27. The highest BCUT2D eigenvalue weighted by Crippen LogP contribution is 2.22. The van der Waals surface area contributed by atoms with Gasteiger partial charge in [-0.3, -0.25) is 9.20 Å². The molecule has 1 amide bonds. The molecule has 148 valence electrons. The molecule has 0 spiro atoms. The topological polar surface area (TPSA) is 66.6 Å². The van der Waals surface area contributed by atoms with E-state index in [-0.39, 0.29) is 5.91 Å². The monoisotopic (exact) mass is 398 g/mol. The number of aromatic nitrogens is 4. The van der Waals surface area contributed by atoms with E-state index in [1.54, 1.807) is 11.3 Å². The third-order valence-electron chi connectivity index (χ3n) is 5.17. The summed E-state index contributed by atoms with van der Waals surface area (Å²) >= 11 is 1.56. The first-order valence-corrected chi connectivity index (χ1v) is 10.8. The van der Waals surface area contributed by atoms with Crippen LogP contribution in [0.3, 0.4) is 0 Å². The second-order valence-corrected chi connectivity index (χ2v) is 8.44. The van der Waals surface area contributed by atoms with E-state index < -0.39 is 0 Å². The van der Waals surface area contributed by atoms with Crippen molar-refractivity contribution in [3.05, 3.63) is 39.5 Å². The zero-order valence-electron chi connectivity index (χ0n) is 16.7. The van der Waals surface area contributed by atoms with Gasteiger partial charge >= 0.3 is 0 Å². The predicted molar refractivity (Wildman–Crippen MR) is 111 cm³/mol. The highest BCUT2D eigenvalue weighted by atomic mass is 32.1. The number of piperazine rings is 1. The fraction of sp³-hybridized carbons (Fsp3) is 0.500. The van der Waals surface area contributed by atoms with Crippen molar-refractivity contribution in [3.63, 3.8) is 0 Å². The van der Waals surface area contributed by atoms with Crippen LogP contribution in [0.1, 0.15) is 46.3 Å². The molecule has 0 saturated carbocycles. The molecular formula is C20H26N6OS. The zero-order chi connectivity index (χ0) is 19.7. The van der Waals surface area contributed by atoms with Crippen molar-refractivity contribution in [3.8, 4) is 0 Å². The summed E-state index contributed by atoms with van der Waals surface area (Å²) in [4.78, 5) is 23.6. The number of nitrogens with zero attached hydrogens (tertiary/aromatic N) is 6. The number of hydrogen-bond donors (Lipinski definition) is 0. The standard InChI is InChI=1S/C20H26N6OS/c1-4-6-15-13-18(21-20-23-22-17(5-2)26(15)20)24-9-11-25(12-10-24)19(27)16-8-7-14(3)28-16/h7-8,13H,4-6,9-12H2,1-3H3.